The number of guanidine groups is 1. The molecule has 0 fully saturated rings. The Morgan fingerprint density at radius 2 is 1.59 bits per heavy atom. The highest BCUT2D eigenvalue weighted by Gasteiger charge is 2.16. The molecule has 0 saturated heterocycles. The summed E-state index contributed by atoms with van der Waals surface area (Å²) in [6.45, 7) is 3.86. The Hall–Kier alpha value is -2.58. The topological polar surface area (TPSA) is 74.2 Å². The lowest BCUT2D eigenvalue weighted by Crippen LogP contribution is -2.38. The number of nitrogens with one attached hydrogen (secondary N) is 1. The van der Waals surface area contributed by atoms with E-state index < -0.39 is 10.0 Å². The van der Waals surface area contributed by atoms with Crippen molar-refractivity contribution in [3.8, 4) is 5.75 Å². The van der Waals surface area contributed by atoms with Crippen molar-refractivity contribution in [2.45, 2.75) is 24.9 Å². The van der Waals surface area contributed by atoms with Crippen molar-refractivity contribution in [2.24, 2.45) is 4.99 Å². The standard InChI is InChI=1S/C21H30N4O3S/c1-6-28-19-11-7-18(8-12-19)16-25(5)21(22-2)23-15-17-9-13-20(14-10-17)29(26,27)24(3)4/h7-14H,6,15-16H2,1-5H3,(H,22,23). The summed E-state index contributed by atoms with van der Waals surface area (Å²) in [5.41, 5.74) is 2.12. The molecule has 0 radical (unpaired) electrons. The van der Waals surface area contributed by atoms with Crippen LogP contribution in [0.25, 0.3) is 0 Å². The van der Waals surface area contributed by atoms with Crippen molar-refractivity contribution in [1.82, 2.24) is 14.5 Å². The van der Waals surface area contributed by atoms with Crippen molar-refractivity contribution in [1.29, 1.82) is 0 Å². The lowest BCUT2D eigenvalue weighted by atomic mass is 10.2. The molecule has 29 heavy (non-hydrogen) atoms. The van der Waals surface area contributed by atoms with Gasteiger partial charge in [0, 0.05) is 41.3 Å². The molecule has 0 amide bonds. The number of sulfonamides is 1. The van der Waals surface area contributed by atoms with Crippen LogP contribution in [0.4, 0.5) is 0 Å². The van der Waals surface area contributed by atoms with Crippen LogP contribution in [0, 0.1) is 0 Å². The maximum Gasteiger partial charge on any atom is 0.242 e. The smallest absolute Gasteiger partial charge is 0.242 e. The number of nitrogens with zero attached hydrogens (tertiary/aromatic N) is 3. The minimum atomic E-state index is -3.41. The van der Waals surface area contributed by atoms with E-state index in [2.05, 4.69) is 10.3 Å². The Labute approximate surface area is 174 Å². The summed E-state index contributed by atoms with van der Waals surface area (Å²) in [7, 11) is 3.34. The highest BCUT2D eigenvalue weighted by atomic mass is 32.2. The van der Waals surface area contributed by atoms with Crippen LogP contribution in [-0.2, 0) is 23.1 Å². The summed E-state index contributed by atoms with van der Waals surface area (Å²) in [4.78, 5) is 6.64. The zero-order valence-corrected chi connectivity index (χ0v) is 18.5. The predicted octanol–water partition coefficient (Wildman–Crippen LogP) is 2.54. The third kappa shape index (κ3) is 6.20. The van der Waals surface area contributed by atoms with Crippen LogP contribution in [0.3, 0.4) is 0 Å². The molecule has 0 spiro atoms. The first-order valence-electron chi connectivity index (χ1n) is 9.43. The largest absolute Gasteiger partial charge is 0.494 e. The van der Waals surface area contributed by atoms with Gasteiger partial charge in [-0.15, -0.1) is 0 Å². The number of ether oxygens (including phenoxy) is 1. The van der Waals surface area contributed by atoms with Gasteiger partial charge >= 0.3 is 0 Å². The van der Waals surface area contributed by atoms with Crippen LogP contribution in [0.15, 0.2) is 58.4 Å². The molecule has 2 aromatic rings. The molecule has 0 heterocycles. The summed E-state index contributed by atoms with van der Waals surface area (Å²) < 4.78 is 31.0. The lowest BCUT2D eigenvalue weighted by Gasteiger charge is -2.22. The van der Waals surface area contributed by atoms with Gasteiger partial charge in [-0.3, -0.25) is 4.99 Å². The molecule has 8 heteroatoms. The Kier molecular flexibility index (Phi) is 8.04. The van der Waals surface area contributed by atoms with E-state index in [1.54, 1.807) is 19.2 Å². The Morgan fingerprint density at radius 1 is 1.00 bits per heavy atom. The molecule has 2 aromatic carbocycles. The van der Waals surface area contributed by atoms with Crippen LogP contribution >= 0.6 is 0 Å². The fourth-order valence-corrected chi connectivity index (χ4v) is 3.66. The minimum Gasteiger partial charge on any atom is -0.494 e. The quantitative estimate of drug-likeness (QED) is 0.527. The van der Waals surface area contributed by atoms with Gasteiger partial charge in [-0.2, -0.15) is 0 Å². The highest BCUT2D eigenvalue weighted by molar-refractivity contribution is 7.89. The molecular weight excluding hydrogens is 388 g/mol. The van der Waals surface area contributed by atoms with Crippen LogP contribution in [0.1, 0.15) is 18.1 Å². The van der Waals surface area contributed by atoms with E-state index in [-0.39, 0.29) is 4.90 Å². The molecule has 0 saturated carbocycles. The van der Waals surface area contributed by atoms with Gasteiger partial charge in [-0.1, -0.05) is 24.3 Å². The molecule has 0 aliphatic rings. The molecule has 2 rings (SSSR count). The fraction of sp³-hybridized carbons (Fsp3) is 0.381. The summed E-state index contributed by atoms with van der Waals surface area (Å²) in [5.74, 6) is 1.62. The van der Waals surface area contributed by atoms with Crippen molar-refractivity contribution in [2.75, 3.05) is 34.8 Å². The SMILES string of the molecule is CCOc1ccc(CN(C)C(=NC)NCc2ccc(S(=O)(=O)N(C)C)cc2)cc1. The van der Waals surface area contributed by atoms with Crippen molar-refractivity contribution >= 4 is 16.0 Å². The van der Waals surface area contributed by atoms with Gasteiger partial charge in [0.15, 0.2) is 5.96 Å². The van der Waals surface area contributed by atoms with Crippen molar-refractivity contribution in [3.05, 3.63) is 59.7 Å². The lowest BCUT2D eigenvalue weighted by molar-refractivity contribution is 0.340. The Balaban J connectivity index is 1.96. The zero-order chi connectivity index (χ0) is 21.4. The van der Waals surface area contributed by atoms with E-state index in [4.69, 9.17) is 4.74 Å². The van der Waals surface area contributed by atoms with E-state index in [0.717, 1.165) is 22.8 Å². The van der Waals surface area contributed by atoms with Gasteiger partial charge in [0.1, 0.15) is 5.75 Å². The molecule has 158 valence electrons. The normalized spacial score (nSPS) is 12.1. The molecule has 0 atom stereocenters. The first kappa shape index (κ1) is 22.7. The predicted molar refractivity (Wildman–Crippen MR) is 117 cm³/mol. The Bertz CT molecular complexity index is 908. The molecule has 0 bridgehead atoms. The van der Waals surface area contributed by atoms with E-state index in [1.165, 1.54) is 18.4 Å². The van der Waals surface area contributed by atoms with Gasteiger partial charge in [-0.25, -0.2) is 12.7 Å². The van der Waals surface area contributed by atoms with Gasteiger partial charge < -0.3 is 15.0 Å². The number of aliphatic imine (C=N–C) groups is 1. The van der Waals surface area contributed by atoms with E-state index >= 15 is 0 Å². The first-order valence-corrected chi connectivity index (χ1v) is 10.9. The summed E-state index contributed by atoms with van der Waals surface area (Å²) in [6, 6.07) is 14.9. The first-order chi connectivity index (χ1) is 13.8. The third-order valence-corrected chi connectivity index (χ3v) is 6.21. The van der Waals surface area contributed by atoms with Crippen LogP contribution in [-0.4, -0.2) is 58.4 Å². The number of hydrogen-bond acceptors (Lipinski definition) is 4. The summed E-state index contributed by atoms with van der Waals surface area (Å²) >= 11 is 0. The molecule has 7 nitrogen and oxygen atoms in total. The second-order valence-corrected chi connectivity index (χ2v) is 8.92. The fourth-order valence-electron chi connectivity index (χ4n) is 2.76. The van der Waals surface area contributed by atoms with Gasteiger partial charge in [0.2, 0.25) is 10.0 Å². The monoisotopic (exact) mass is 418 g/mol. The van der Waals surface area contributed by atoms with Crippen LogP contribution < -0.4 is 10.1 Å². The third-order valence-electron chi connectivity index (χ3n) is 4.38. The van der Waals surface area contributed by atoms with Gasteiger partial charge in [-0.05, 0) is 42.3 Å². The summed E-state index contributed by atoms with van der Waals surface area (Å²) in [6.07, 6.45) is 0. The number of benzene rings is 2. The number of hydrogen-bond donors (Lipinski definition) is 1. The zero-order valence-electron chi connectivity index (χ0n) is 17.7. The molecule has 0 aromatic heterocycles. The average molecular weight is 419 g/mol. The molecule has 0 aliphatic heterocycles. The second kappa shape index (κ2) is 10.3. The van der Waals surface area contributed by atoms with Gasteiger partial charge in [0.25, 0.3) is 0 Å². The average Bonchev–Trinajstić information content (AvgIpc) is 2.70. The molecule has 0 unspecified atom stereocenters. The minimum absolute atomic E-state index is 0.281. The second-order valence-electron chi connectivity index (χ2n) is 6.77. The molecular formula is C21H30N4O3S. The number of rotatable bonds is 8. The molecule has 0 aliphatic carbocycles. The van der Waals surface area contributed by atoms with Crippen LogP contribution in [0.2, 0.25) is 0 Å². The Morgan fingerprint density at radius 3 is 2.10 bits per heavy atom. The highest BCUT2D eigenvalue weighted by Crippen LogP contribution is 2.15. The maximum absolute atomic E-state index is 12.2. The van der Waals surface area contributed by atoms with E-state index in [0.29, 0.717) is 19.7 Å². The van der Waals surface area contributed by atoms with E-state index in [1.807, 2.05) is 55.3 Å². The van der Waals surface area contributed by atoms with Crippen LogP contribution in [0.5, 0.6) is 5.75 Å². The van der Waals surface area contributed by atoms with Crippen molar-refractivity contribution in [3.63, 3.8) is 0 Å². The van der Waals surface area contributed by atoms with E-state index in [9.17, 15) is 8.42 Å². The summed E-state index contributed by atoms with van der Waals surface area (Å²) in [5, 5.41) is 3.31. The van der Waals surface area contributed by atoms with Gasteiger partial charge in [0.05, 0.1) is 11.5 Å². The maximum atomic E-state index is 12.2. The van der Waals surface area contributed by atoms with Crippen molar-refractivity contribution < 1.29 is 13.2 Å². The molecule has 1 N–H and O–H groups in total.